The van der Waals surface area contributed by atoms with E-state index in [0.717, 1.165) is 31.2 Å². The molecule has 29 heavy (non-hydrogen) atoms. The Morgan fingerprint density at radius 2 is 1.76 bits per heavy atom. The quantitative estimate of drug-likeness (QED) is 0.581. The highest BCUT2D eigenvalue weighted by Crippen LogP contribution is 2.29. The normalized spacial score (nSPS) is 17.9. The summed E-state index contributed by atoms with van der Waals surface area (Å²) in [6.45, 7) is 2.97. The van der Waals surface area contributed by atoms with Crippen LogP contribution in [0.1, 0.15) is 58.3 Å². The largest absolute Gasteiger partial charge is 0.281 e. The summed E-state index contributed by atoms with van der Waals surface area (Å²) in [7, 11) is -3.42. The number of sulfonamides is 1. The lowest BCUT2D eigenvalue weighted by Crippen LogP contribution is -2.27. The van der Waals surface area contributed by atoms with Crippen LogP contribution in [0.3, 0.4) is 0 Å². The van der Waals surface area contributed by atoms with Crippen LogP contribution in [0, 0.1) is 0 Å². The molecule has 154 valence electrons. The van der Waals surface area contributed by atoms with E-state index in [1.807, 2.05) is 6.07 Å². The predicted octanol–water partition coefficient (Wildman–Crippen LogP) is 3.57. The highest BCUT2D eigenvalue weighted by atomic mass is 32.2. The average molecular weight is 432 g/mol. The topological polar surface area (TPSA) is 78.8 Å². The van der Waals surface area contributed by atoms with E-state index in [1.165, 1.54) is 27.6 Å². The molecule has 1 saturated heterocycles. The summed E-state index contributed by atoms with van der Waals surface area (Å²) in [5.74, 6) is -0.197. The third kappa shape index (κ3) is 4.29. The van der Waals surface area contributed by atoms with Crippen LogP contribution in [0.2, 0.25) is 0 Å². The average Bonchev–Trinajstić information content (AvgIpc) is 3.42. The Labute approximate surface area is 175 Å². The number of rotatable bonds is 5. The summed E-state index contributed by atoms with van der Waals surface area (Å²) in [5.41, 5.74) is 5.33. The molecule has 0 spiro atoms. The molecule has 2 aliphatic rings. The first-order chi connectivity index (χ1) is 13.9. The number of amides is 1. The summed E-state index contributed by atoms with van der Waals surface area (Å²) in [6.07, 6.45) is 6.31. The van der Waals surface area contributed by atoms with Crippen molar-refractivity contribution in [2.45, 2.75) is 50.3 Å². The summed E-state index contributed by atoms with van der Waals surface area (Å²) < 4.78 is 26.8. The molecular formula is C21H25N3O3S2. The van der Waals surface area contributed by atoms with Crippen LogP contribution in [-0.4, -0.2) is 37.4 Å². The van der Waals surface area contributed by atoms with E-state index < -0.39 is 10.0 Å². The lowest BCUT2D eigenvalue weighted by Gasteiger charge is -2.15. The molecule has 1 amide bonds. The fraction of sp³-hybridized carbons (Fsp3) is 0.429. The van der Waals surface area contributed by atoms with Crippen LogP contribution in [0.25, 0.3) is 0 Å². The number of carbonyl (C=O) groups is 1. The van der Waals surface area contributed by atoms with E-state index in [2.05, 4.69) is 10.5 Å². The Balaban J connectivity index is 1.43. The van der Waals surface area contributed by atoms with E-state index in [0.29, 0.717) is 28.6 Å². The van der Waals surface area contributed by atoms with Gasteiger partial charge in [0.05, 0.1) is 15.5 Å². The van der Waals surface area contributed by atoms with Gasteiger partial charge in [-0.2, -0.15) is 9.41 Å². The summed E-state index contributed by atoms with van der Waals surface area (Å²) in [4.78, 5) is 14.7. The second-order valence-electron chi connectivity index (χ2n) is 7.54. The van der Waals surface area contributed by atoms with Crippen molar-refractivity contribution in [1.29, 1.82) is 0 Å². The molecule has 0 bridgehead atoms. The van der Waals surface area contributed by atoms with Crippen molar-refractivity contribution in [3.05, 3.63) is 51.2 Å². The van der Waals surface area contributed by atoms with Crippen molar-refractivity contribution in [3.63, 3.8) is 0 Å². The minimum absolute atomic E-state index is 0.197. The molecule has 1 aromatic heterocycles. The fourth-order valence-electron chi connectivity index (χ4n) is 3.80. The molecule has 2 heterocycles. The van der Waals surface area contributed by atoms with Crippen molar-refractivity contribution >= 4 is 33.0 Å². The monoisotopic (exact) mass is 431 g/mol. The predicted molar refractivity (Wildman–Crippen MR) is 115 cm³/mol. The molecule has 6 nitrogen and oxygen atoms in total. The number of fused-ring (bicyclic) bond motifs is 1. The van der Waals surface area contributed by atoms with Gasteiger partial charge in [-0.25, -0.2) is 13.8 Å². The second-order valence-corrected chi connectivity index (χ2v) is 10.6. The molecule has 0 saturated carbocycles. The van der Waals surface area contributed by atoms with Gasteiger partial charge in [0.25, 0.3) is 5.91 Å². The summed E-state index contributed by atoms with van der Waals surface area (Å²) in [6, 6.07) is 8.67. The van der Waals surface area contributed by atoms with Crippen molar-refractivity contribution < 1.29 is 13.2 Å². The molecule has 1 aliphatic heterocycles. The molecular weight excluding hydrogens is 406 g/mol. The lowest BCUT2D eigenvalue weighted by molar-refractivity contribution is 0.0959. The van der Waals surface area contributed by atoms with Gasteiger partial charge >= 0.3 is 0 Å². The van der Waals surface area contributed by atoms with Gasteiger partial charge in [0.2, 0.25) is 10.0 Å². The van der Waals surface area contributed by atoms with Crippen LogP contribution >= 0.6 is 11.3 Å². The maximum absolute atomic E-state index is 12.6. The molecule has 4 rings (SSSR count). The number of benzene rings is 1. The number of hydrogen-bond donors (Lipinski definition) is 1. The molecule has 2 aromatic rings. The van der Waals surface area contributed by atoms with Gasteiger partial charge < -0.3 is 0 Å². The molecule has 1 aromatic carbocycles. The summed E-state index contributed by atoms with van der Waals surface area (Å²) >= 11 is 1.55. The van der Waals surface area contributed by atoms with Gasteiger partial charge in [0.1, 0.15) is 0 Å². The molecule has 1 N–H and O–H groups in total. The Morgan fingerprint density at radius 1 is 1.07 bits per heavy atom. The van der Waals surface area contributed by atoms with Gasteiger partial charge in [0.15, 0.2) is 0 Å². The zero-order valence-corrected chi connectivity index (χ0v) is 18.1. The SMILES string of the molecule is C/C(=N/NC(=O)c1cc2c(s1)CCCC2)c1ccc(S(=O)(=O)N2CCCC2)cc1. The van der Waals surface area contributed by atoms with Gasteiger partial charge in [-0.1, -0.05) is 12.1 Å². The number of carbonyl (C=O) groups excluding carboxylic acids is 1. The molecule has 1 aliphatic carbocycles. The van der Waals surface area contributed by atoms with Crippen LogP contribution in [-0.2, 0) is 22.9 Å². The number of hydrazone groups is 1. The highest BCUT2D eigenvalue weighted by Gasteiger charge is 2.27. The van der Waals surface area contributed by atoms with Crippen LogP contribution in [0.5, 0.6) is 0 Å². The van der Waals surface area contributed by atoms with Crippen LogP contribution in [0.15, 0.2) is 40.3 Å². The maximum Gasteiger partial charge on any atom is 0.281 e. The minimum Gasteiger partial charge on any atom is -0.266 e. The third-order valence-corrected chi connectivity index (χ3v) is 8.67. The third-order valence-electron chi connectivity index (χ3n) is 5.52. The van der Waals surface area contributed by atoms with Gasteiger partial charge in [-0.3, -0.25) is 4.79 Å². The standard InChI is InChI=1S/C21H25N3O3S2/c1-15(22-23-21(25)20-14-17-6-2-3-7-19(17)28-20)16-8-10-18(11-9-16)29(26,27)24-12-4-5-13-24/h8-11,14H,2-7,12-13H2,1H3,(H,23,25)/b22-15-. The molecule has 0 atom stereocenters. The Bertz CT molecular complexity index is 1010. The molecule has 0 unspecified atom stereocenters. The molecule has 1 fully saturated rings. The first-order valence-corrected chi connectivity index (χ1v) is 12.3. The smallest absolute Gasteiger partial charge is 0.266 e. The van der Waals surface area contributed by atoms with E-state index in [9.17, 15) is 13.2 Å². The van der Waals surface area contributed by atoms with E-state index in [-0.39, 0.29) is 5.91 Å². The Hall–Kier alpha value is -2.03. The summed E-state index contributed by atoms with van der Waals surface area (Å²) in [5, 5.41) is 4.21. The Morgan fingerprint density at radius 3 is 2.45 bits per heavy atom. The van der Waals surface area contributed by atoms with Crippen molar-refractivity contribution in [3.8, 4) is 0 Å². The van der Waals surface area contributed by atoms with Crippen LogP contribution < -0.4 is 5.43 Å². The van der Waals surface area contributed by atoms with E-state index >= 15 is 0 Å². The van der Waals surface area contributed by atoms with Crippen molar-refractivity contribution in [2.75, 3.05) is 13.1 Å². The number of nitrogens with zero attached hydrogens (tertiary/aromatic N) is 2. The lowest BCUT2D eigenvalue weighted by atomic mass is 9.99. The zero-order valence-electron chi connectivity index (χ0n) is 16.5. The van der Waals surface area contributed by atoms with Crippen LogP contribution in [0.4, 0.5) is 0 Å². The van der Waals surface area contributed by atoms with E-state index in [4.69, 9.17) is 0 Å². The minimum atomic E-state index is -3.42. The number of aryl methyl sites for hydroxylation is 2. The number of thiophene rings is 1. The second kappa shape index (κ2) is 8.38. The van der Waals surface area contributed by atoms with Gasteiger partial charge in [-0.05, 0) is 74.8 Å². The maximum atomic E-state index is 12.6. The van der Waals surface area contributed by atoms with Crippen molar-refractivity contribution in [2.24, 2.45) is 5.10 Å². The van der Waals surface area contributed by atoms with Gasteiger partial charge in [-0.15, -0.1) is 11.3 Å². The first kappa shape index (κ1) is 20.3. The first-order valence-electron chi connectivity index (χ1n) is 10.0. The van der Waals surface area contributed by atoms with E-state index in [1.54, 1.807) is 42.5 Å². The number of hydrogen-bond acceptors (Lipinski definition) is 5. The Kier molecular flexibility index (Phi) is 5.85. The van der Waals surface area contributed by atoms with Crippen molar-refractivity contribution in [1.82, 2.24) is 9.73 Å². The highest BCUT2D eigenvalue weighted by molar-refractivity contribution is 7.89. The van der Waals surface area contributed by atoms with Gasteiger partial charge in [0, 0.05) is 18.0 Å². The fourth-order valence-corrected chi connectivity index (χ4v) is 6.46. The molecule has 0 radical (unpaired) electrons. The number of nitrogens with one attached hydrogen (secondary N) is 1. The zero-order chi connectivity index (χ0) is 20.4. The molecule has 8 heteroatoms.